The fourth-order valence-electron chi connectivity index (χ4n) is 2.43. The second kappa shape index (κ2) is 7.45. The van der Waals surface area contributed by atoms with Gasteiger partial charge in [-0.2, -0.15) is 0 Å². The Morgan fingerprint density at radius 2 is 2.20 bits per heavy atom. The van der Waals surface area contributed by atoms with E-state index < -0.39 is 0 Å². The van der Waals surface area contributed by atoms with Gasteiger partial charge in [-0.05, 0) is 48.7 Å². The number of piperidine rings is 1. The molecule has 4 nitrogen and oxygen atoms in total. The number of thiocarbonyl (C=S) groups is 1. The van der Waals surface area contributed by atoms with Gasteiger partial charge in [-0.25, -0.2) is 0 Å². The highest BCUT2D eigenvalue weighted by molar-refractivity contribution is 7.80. The van der Waals surface area contributed by atoms with Crippen molar-refractivity contribution in [1.82, 2.24) is 10.2 Å². The molecule has 0 spiro atoms. The number of nitrogens with zero attached hydrogens (tertiary/aromatic N) is 1. The monoisotopic (exact) mass is 294 g/mol. The van der Waals surface area contributed by atoms with E-state index in [0.717, 1.165) is 36.8 Å². The number of rotatable bonds is 4. The zero-order chi connectivity index (χ0) is 14.4. The molecule has 110 valence electrons. The Morgan fingerprint density at radius 1 is 1.45 bits per heavy atom. The third-order valence-electron chi connectivity index (χ3n) is 3.67. The number of benzene rings is 1. The summed E-state index contributed by atoms with van der Waals surface area (Å²) in [5, 5.41) is 13.3. The number of aliphatic hydroxyl groups is 1. The lowest BCUT2D eigenvalue weighted by Gasteiger charge is -2.33. The minimum atomic E-state index is 0.248. The molecule has 2 N–H and O–H groups in total. The topological polar surface area (TPSA) is 44.7 Å². The smallest absolute Gasteiger partial charge is 0.169 e. The van der Waals surface area contributed by atoms with Crippen LogP contribution in [0.5, 0.6) is 5.75 Å². The van der Waals surface area contributed by atoms with E-state index in [0.29, 0.717) is 12.5 Å². The van der Waals surface area contributed by atoms with Gasteiger partial charge < -0.3 is 20.1 Å². The van der Waals surface area contributed by atoms with Gasteiger partial charge in [-0.3, -0.25) is 0 Å². The van der Waals surface area contributed by atoms with Crippen LogP contribution in [0, 0.1) is 5.92 Å². The van der Waals surface area contributed by atoms with Crippen molar-refractivity contribution in [3.05, 3.63) is 29.8 Å². The molecule has 1 saturated heterocycles. The van der Waals surface area contributed by atoms with E-state index in [2.05, 4.69) is 10.2 Å². The molecule has 0 aromatic heterocycles. The van der Waals surface area contributed by atoms with Crippen molar-refractivity contribution in [2.24, 2.45) is 5.92 Å². The van der Waals surface area contributed by atoms with E-state index in [1.165, 1.54) is 5.56 Å². The Balaban J connectivity index is 1.81. The molecule has 1 aliphatic rings. The Kier molecular flexibility index (Phi) is 5.61. The molecule has 1 heterocycles. The van der Waals surface area contributed by atoms with Crippen LogP contribution < -0.4 is 10.1 Å². The number of hydrogen-bond acceptors (Lipinski definition) is 3. The first-order valence-corrected chi connectivity index (χ1v) is 7.40. The van der Waals surface area contributed by atoms with E-state index in [1.807, 2.05) is 24.3 Å². The van der Waals surface area contributed by atoms with Crippen LogP contribution in [0.25, 0.3) is 0 Å². The number of ether oxygens (including phenoxy) is 1. The van der Waals surface area contributed by atoms with Crippen molar-refractivity contribution >= 4 is 17.3 Å². The van der Waals surface area contributed by atoms with Crippen molar-refractivity contribution in [2.45, 2.75) is 19.4 Å². The Bertz CT molecular complexity index is 436. The van der Waals surface area contributed by atoms with Crippen LogP contribution in [0.3, 0.4) is 0 Å². The van der Waals surface area contributed by atoms with Crippen LogP contribution in [0.15, 0.2) is 24.3 Å². The highest BCUT2D eigenvalue weighted by Crippen LogP contribution is 2.16. The van der Waals surface area contributed by atoms with Crippen molar-refractivity contribution in [3.63, 3.8) is 0 Å². The van der Waals surface area contributed by atoms with E-state index >= 15 is 0 Å². The van der Waals surface area contributed by atoms with Crippen molar-refractivity contribution in [2.75, 3.05) is 26.8 Å². The summed E-state index contributed by atoms with van der Waals surface area (Å²) in [4.78, 5) is 2.16. The molecule has 5 heteroatoms. The summed E-state index contributed by atoms with van der Waals surface area (Å²) in [6.45, 7) is 2.79. The lowest BCUT2D eigenvalue weighted by Crippen LogP contribution is -2.45. The van der Waals surface area contributed by atoms with Crippen LogP contribution in [-0.2, 0) is 6.54 Å². The largest absolute Gasteiger partial charge is 0.497 e. The molecular weight excluding hydrogens is 272 g/mol. The minimum absolute atomic E-state index is 0.248. The highest BCUT2D eigenvalue weighted by atomic mass is 32.1. The summed E-state index contributed by atoms with van der Waals surface area (Å²) in [5.74, 6) is 1.21. The van der Waals surface area contributed by atoms with Gasteiger partial charge in [0.25, 0.3) is 0 Å². The molecule has 0 amide bonds. The quantitative estimate of drug-likeness (QED) is 0.829. The molecule has 1 aromatic rings. The van der Waals surface area contributed by atoms with Crippen LogP contribution >= 0.6 is 12.2 Å². The fraction of sp³-hybridized carbons (Fsp3) is 0.533. The maximum Gasteiger partial charge on any atom is 0.169 e. The van der Waals surface area contributed by atoms with Crippen LogP contribution in [0.1, 0.15) is 18.4 Å². The summed E-state index contributed by atoms with van der Waals surface area (Å²) in [6.07, 6.45) is 2.18. The van der Waals surface area contributed by atoms with E-state index in [9.17, 15) is 5.11 Å². The average Bonchev–Trinajstić information content (AvgIpc) is 2.53. The van der Waals surface area contributed by atoms with Gasteiger partial charge in [0, 0.05) is 26.2 Å². The number of likely N-dealkylation sites (tertiary alicyclic amines) is 1. The minimum Gasteiger partial charge on any atom is -0.497 e. The Morgan fingerprint density at radius 3 is 2.85 bits per heavy atom. The zero-order valence-electron chi connectivity index (χ0n) is 11.8. The summed E-state index contributed by atoms with van der Waals surface area (Å²) in [7, 11) is 1.66. The third-order valence-corrected chi connectivity index (χ3v) is 4.07. The number of aliphatic hydroxyl groups excluding tert-OH is 1. The average molecular weight is 294 g/mol. The normalized spacial score (nSPS) is 18.7. The predicted molar refractivity (Wildman–Crippen MR) is 83.8 cm³/mol. The van der Waals surface area contributed by atoms with Gasteiger partial charge in [0.2, 0.25) is 0 Å². The van der Waals surface area contributed by atoms with Crippen molar-refractivity contribution in [1.29, 1.82) is 0 Å². The fourth-order valence-corrected chi connectivity index (χ4v) is 2.67. The standard InChI is InChI=1S/C15H22N2O2S/c1-19-14-6-4-12(5-7-14)9-16-15(20)17-8-2-3-13(10-17)11-18/h4-7,13,18H,2-3,8-11H2,1H3,(H,16,20)/t13-/m1/s1. The maximum atomic E-state index is 9.25. The molecule has 0 bridgehead atoms. The van der Waals surface area contributed by atoms with Gasteiger partial charge in [-0.15, -0.1) is 0 Å². The first kappa shape index (κ1) is 15.1. The van der Waals surface area contributed by atoms with Crippen LogP contribution in [0.2, 0.25) is 0 Å². The highest BCUT2D eigenvalue weighted by Gasteiger charge is 2.20. The SMILES string of the molecule is COc1ccc(CNC(=S)N2CCC[C@@H](CO)C2)cc1. The summed E-state index contributed by atoms with van der Waals surface area (Å²) in [6, 6.07) is 7.95. The molecule has 1 atom stereocenters. The second-order valence-corrected chi connectivity index (χ2v) is 5.53. The van der Waals surface area contributed by atoms with E-state index in [1.54, 1.807) is 7.11 Å². The molecule has 0 aliphatic carbocycles. The third kappa shape index (κ3) is 4.08. The maximum absolute atomic E-state index is 9.25. The number of hydrogen-bond donors (Lipinski definition) is 2. The summed E-state index contributed by atoms with van der Waals surface area (Å²) in [5.41, 5.74) is 1.17. The zero-order valence-corrected chi connectivity index (χ0v) is 12.7. The van der Waals surface area contributed by atoms with Gasteiger partial charge >= 0.3 is 0 Å². The number of methoxy groups -OCH3 is 1. The lowest BCUT2D eigenvalue weighted by atomic mass is 9.99. The first-order chi connectivity index (χ1) is 9.72. The van der Waals surface area contributed by atoms with Crippen molar-refractivity contribution < 1.29 is 9.84 Å². The van der Waals surface area contributed by atoms with Gasteiger partial charge in [0.1, 0.15) is 5.75 Å². The molecule has 1 fully saturated rings. The summed E-state index contributed by atoms with van der Waals surface area (Å²) < 4.78 is 5.14. The van der Waals surface area contributed by atoms with Gasteiger partial charge in [-0.1, -0.05) is 12.1 Å². The Hall–Kier alpha value is -1.33. The van der Waals surface area contributed by atoms with Gasteiger partial charge in [0.15, 0.2) is 5.11 Å². The number of nitrogens with one attached hydrogen (secondary N) is 1. The molecule has 20 heavy (non-hydrogen) atoms. The second-order valence-electron chi connectivity index (χ2n) is 5.14. The first-order valence-electron chi connectivity index (χ1n) is 6.99. The molecular formula is C15H22N2O2S. The van der Waals surface area contributed by atoms with Gasteiger partial charge in [0.05, 0.1) is 7.11 Å². The molecule has 1 aliphatic heterocycles. The molecule has 0 saturated carbocycles. The lowest BCUT2D eigenvalue weighted by molar-refractivity contribution is 0.160. The molecule has 2 rings (SSSR count). The summed E-state index contributed by atoms with van der Waals surface area (Å²) >= 11 is 5.43. The van der Waals surface area contributed by atoms with E-state index in [-0.39, 0.29) is 6.61 Å². The van der Waals surface area contributed by atoms with Crippen molar-refractivity contribution in [3.8, 4) is 5.75 Å². The molecule has 1 aromatic carbocycles. The van der Waals surface area contributed by atoms with Crippen LogP contribution in [-0.4, -0.2) is 41.9 Å². The molecule has 0 unspecified atom stereocenters. The Labute approximate surface area is 125 Å². The predicted octanol–water partition coefficient (Wildman–Crippen LogP) is 1.77. The van der Waals surface area contributed by atoms with E-state index in [4.69, 9.17) is 17.0 Å². The van der Waals surface area contributed by atoms with Crippen LogP contribution in [0.4, 0.5) is 0 Å². The molecule has 0 radical (unpaired) electrons.